The molecule has 0 aliphatic carbocycles. The van der Waals surface area contributed by atoms with Gasteiger partial charge in [0.15, 0.2) is 5.16 Å². The van der Waals surface area contributed by atoms with Gasteiger partial charge in [0.25, 0.3) is 0 Å². The van der Waals surface area contributed by atoms with E-state index in [1.807, 2.05) is 39.0 Å². The average Bonchev–Trinajstić information content (AvgIpc) is 2.75. The van der Waals surface area contributed by atoms with Gasteiger partial charge in [-0.25, -0.2) is 18.4 Å². The molecule has 2 aromatic carbocycles. The average molecular weight is 457 g/mol. The van der Waals surface area contributed by atoms with Crippen LogP contribution in [0.1, 0.15) is 24.5 Å². The summed E-state index contributed by atoms with van der Waals surface area (Å²) < 4.78 is 25.6. The molecular weight excluding hydrogens is 432 g/mol. The highest BCUT2D eigenvalue weighted by molar-refractivity contribution is 8.00. The van der Waals surface area contributed by atoms with Crippen LogP contribution in [0.3, 0.4) is 0 Å². The van der Waals surface area contributed by atoms with E-state index >= 15 is 0 Å². The van der Waals surface area contributed by atoms with Gasteiger partial charge in [0.2, 0.25) is 15.7 Å². The standard InChI is InChI=1S/C22H24N4O3S2/c1-4-17(21(27)25-19-14(2)9-8-10-15(19)3)30-22-24-13-18(20(23)26-22)31(28,29)16-11-6-5-7-12-16/h5-13,17H,4H2,1-3H3,(H,25,27)(H2,23,24,26)/t17-/m0/s1. The summed E-state index contributed by atoms with van der Waals surface area (Å²) in [5.74, 6) is -0.320. The molecule has 0 fully saturated rings. The maximum absolute atomic E-state index is 12.8. The van der Waals surface area contributed by atoms with Crippen molar-refractivity contribution in [2.24, 2.45) is 0 Å². The van der Waals surface area contributed by atoms with Crippen molar-refractivity contribution in [1.82, 2.24) is 9.97 Å². The van der Waals surface area contributed by atoms with E-state index in [2.05, 4.69) is 15.3 Å². The molecule has 0 spiro atoms. The van der Waals surface area contributed by atoms with Crippen LogP contribution in [0.15, 0.2) is 69.7 Å². The van der Waals surface area contributed by atoms with Crippen LogP contribution in [0.5, 0.6) is 0 Å². The lowest BCUT2D eigenvalue weighted by Crippen LogP contribution is -2.25. The number of hydrogen-bond donors (Lipinski definition) is 2. The first-order valence-corrected chi connectivity index (χ1v) is 12.1. The zero-order valence-corrected chi connectivity index (χ0v) is 19.1. The maximum atomic E-state index is 12.8. The Kier molecular flexibility index (Phi) is 6.97. The number of benzene rings is 2. The number of anilines is 2. The Morgan fingerprint density at radius 2 is 1.74 bits per heavy atom. The van der Waals surface area contributed by atoms with E-state index in [9.17, 15) is 13.2 Å². The second kappa shape index (κ2) is 9.49. The van der Waals surface area contributed by atoms with Gasteiger partial charge < -0.3 is 11.1 Å². The number of aryl methyl sites for hydroxylation is 2. The summed E-state index contributed by atoms with van der Waals surface area (Å²) in [6, 6.07) is 13.8. The Labute approximate surface area is 186 Å². The fraction of sp³-hybridized carbons (Fsp3) is 0.227. The summed E-state index contributed by atoms with van der Waals surface area (Å²) in [7, 11) is -3.83. The SMILES string of the molecule is CC[C@H](Sc1ncc(S(=O)(=O)c2ccccc2)c(N)n1)C(=O)Nc1c(C)cccc1C. The molecular formula is C22H24N4O3S2. The summed E-state index contributed by atoms with van der Waals surface area (Å²) in [5.41, 5.74) is 8.70. The van der Waals surface area contributed by atoms with E-state index in [4.69, 9.17) is 5.73 Å². The van der Waals surface area contributed by atoms with Gasteiger partial charge in [-0.2, -0.15) is 0 Å². The fourth-order valence-corrected chi connectivity index (χ4v) is 5.16. The van der Waals surface area contributed by atoms with Gasteiger partial charge in [-0.15, -0.1) is 0 Å². The molecule has 1 aromatic heterocycles. The maximum Gasteiger partial charge on any atom is 0.237 e. The highest BCUT2D eigenvalue weighted by Gasteiger charge is 2.25. The number of rotatable bonds is 7. The van der Waals surface area contributed by atoms with E-state index in [0.29, 0.717) is 6.42 Å². The van der Waals surface area contributed by atoms with Crippen LogP contribution < -0.4 is 11.1 Å². The van der Waals surface area contributed by atoms with Gasteiger partial charge in [-0.1, -0.05) is 55.1 Å². The predicted molar refractivity (Wildman–Crippen MR) is 123 cm³/mol. The van der Waals surface area contributed by atoms with Crippen LogP contribution in [-0.4, -0.2) is 29.5 Å². The highest BCUT2D eigenvalue weighted by atomic mass is 32.2. The quantitative estimate of drug-likeness (QED) is 0.407. The normalized spacial score (nSPS) is 12.4. The molecule has 1 heterocycles. The molecule has 3 N–H and O–H groups in total. The number of nitrogen functional groups attached to an aromatic ring is 1. The first-order valence-electron chi connectivity index (χ1n) is 9.70. The van der Waals surface area contributed by atoms with Crippen LogP contribution in [0.2, 0.25) is 0 Å². The number of carbonyl (C=O) groups excluding carboxylic acids is 1. The number of thioether (sulfide) groups is 1. The molecule has 0 radical (unpaired) electrons. The van der Waals surface area contributed by atoms with E-state index in [-0.39, 0.29) is 26.7 Å². The van der Waals surface area contributed by atoms with Crippen LogP contribution >= 0.6 is 11.8 Å². The van der Waals surface area contributed by atoms with Gasteiger partial charge in [0.05, 0.1) is 16.3 Å². The molecule has 0 saturated heterocycles. The van der Waals surface area contributed by atoms with Crippen molar-refractivity contribution >= 4 is 39.0 Å². The Balaban J connectivity index is 1.80. The van der Waals surface area contributed by atoms with Gasteiger partial charge in [-0.3, -0.25) is 4.79 Å². The van der Waals surface area contributed by atoms with Crippen molar-refractivity contribution in [3.63, 3.8) is 0 Å². The number of para-hydroxylation sites is 1. The van der Waals surface area contributed by atoms with E-state index < -0.39 is 15.1 Å². The van der Waals surface area contributed by atoms with E-state index in [1.165, 1.54) is 18.3 Å². The molecule has 1 atom stereocenters. The lowest BCUT2D eigenvalue weighted by atomic mass is 10.1. The number of amides is 1. The Morgan fingerprint density at radius 3 is 2.32 bits per heavy atom. The molecule has 1 amide bonds. The second-order valence-electron chi connectivity index (χ2n) is 6.99. The van der Waals surface area contributed by atoms with Crippen LogP contribution in [-0.2, 0) is 14.6 Å². The van der Waals surface area contributed by atoms with Crippen molar-refractivity contribution in [2.45, 2.75) is 47.4 Å². The molecule has 9 heteroatoms. The Hall–Kier alpha value is -2.91. The molecule has 0 aliphatic rings. The Morgan fingerprint density at radius 1 is 1.10 bits per heavy atom. The third kappa shape index (κ3) is 5.05. The van der Waals surface area contributed by atoms with Crippen molar-refractivity contribution in [2.75, 3.05) is 11.1 Å². The predicted octanol–water partition coefficient (Wildman–Crippen LogP) is 4.02. The molecule has 3 rings (SSSR count). The van der Waals surface area contributed by atoms with Gasteiger partial charge in [0, 0.05) is 5.69 Å². The molecule has 0 aliphatic heterocycles. The van der Waals surface area contributed by atoms with Crippen molar-refractivity contribution in [1.29, 1.82) is 0 Å². The highest BCUT2D eigenvalue weighted by Crippen LogP contribution is 2.29. The van der Waals surface area contributed by atoms with Crippen molar-refractivity contribution in [3.05, 3.63) is 65.9 Å². The summed E-state index contributed by atoms with van der Waals surface area (Å²) in [6.45, 7) is 5.76. The first-order chi connectivity index (χ1) is 14.7. The smallest absolute Gasteiger partial charge is 0.237 e. The third-order valence-electron chi connectivity index (χ3n) is 4.74. The summed E-state index contributed by atoms with van der Waals surface area (Å²) >= 11 is 1.15. The molecule has 7 nitrogen and oxygen atoms in total. The summed E-state index contributed by atoms with van der Waals surface area (Å²) in [6.07, 6.45) is 1.73. The minimum atomic E-state index is -3.83. The molecule has 162 valence electrons. The third-order valence-corrected chi connectivity index (χ3v) is 7.77. The summed E-state index contributed by atoms with van der Waals surface area (Å²) in [4.78, 5) is 21.1. The minimum absolute atomic E-state index is 0.116. The number of sulfone groups is 1. The lowest BCUT2D eigenvalue weighted by molar-refractivity contribution is -0.115. The Bertz CT molecular complexity index is 1180. The molecule has 0 bridgehead atoms. The topological polar surface area (TPSA) is 115 Å². The number of nitrogens with two attached hydrogens (primary N) is 1. The number of carbonyl (C=O) groups is 1. The van der Waals surface area contributed by atoms with Crippen LogP contribution in [0.4, 0.5) is 11.5 Å². The van der Waals surface area contributed by atoms with Gasteiger partial charge >= 0.3 is 0 Å². The van der Waals surface area contributed by atoms with Crippen molar-refractivity contribution in [3.8, 4) is 0 Å². The lowest BCUT2D eigenvalue weighted by Gasteiger charge is -2.17. The molecule has 3 aromatic rings. The molecule has 0 saturated carbocycles. The van der Waals surface area contributed by atoms with E-state index in [0.717, 1.165) is 28.6 Å². The zero-order valence-electron chi connectivity index (χ0n) is 17.5. The van der Waals surface area contributed by atoms with Gasteiger partial charge in [0.1, 0.15) is 10.7 Å². The first kappa shape index (κ1) is 22.8. The van der Waals surface area contributed by atoms with Crippen molar-refractivity contribution < 1.29 is 13.2 Å². The number of nitrogens with zero attached hydrogens (tertiary/aromatic N) is 2. The van der Waals surface area contributed by atoms with Crippen LogP contribution in [0, 0.1) is 13.8 Å². The second-order valence-corrected chi connectivity index (χ2v) is 10.1. The zero-order chi connectivity index (χ0) is 22.6. The van der Waals surface area contributed by atoms with Crippen LogP contribution in [0.25, 0.3) is 0 Å². The summed E-state index contributed by atoms with van der Waals surface area (Å²) in [5, 5.41) is 2.76. The number of nitrogens with one attached hydrogen (secondary N) is 1. The molecule has 0 unspecified atom stereocenters. The number of hydrogen-bond acceptors (Lipinski definition) is 7. The largest absolute Gasteiger partial charge is 0.382 e. The fourth-order valence-electron chi connectivity index (χ4n) is 3.02. The number of aromatic nitrogens is 2. The van der Waals surface area contributed by atoms with E-state index in [1.54, 1.807) is 18.2 Å². The monoisotopic (exact) mass is 456 g/mol. The molecule has 31 heavy (non-hydrogen) atoms. The minimum Gasteiger partial charge on any atom is -0.382 e. The van der Waals surface area contributed by atoms with Gasteiger partial charge in [-0.05, 0) is 43.5 Å².